The maximum Gasteiger partial charge on any atom is 0.251 e. The van der Waals surface area contributed by atoms with E-state index in [1.807, 2.05) is 18.2 Å². The van der Waals surface area contributed by atoms with Gasteiger partial charge < -0.3 is 9.72 Å². The molecule has 0 bridgehead atoms. The van der Waals surface area contributed by atoms with Gasteiger partial charge in [-0.05, 0) is 49.4 Å². The number of benzene rings is 1. The van der Waals surface area contributed by atoms with Crippen LogP contribution in [0.25, 0.3) is 10.9 Å². The number of ether oxygens (including phenoxy) is 1. The summed E-state index contributed by atoms with van der Waals surface area (Å²) in [7, 11) is 0. The van der Waals surface area contributed by atoms with Crippen molar-refractivity contribution >= 4 is 22.5 Å². The van der Waals surface area contributed by atoms with Crippen molar-refractivity contribution in [1.29, 1.82) is 0 Å². The number of halogens is 1. The fourth-order valence-corrected chi connectivity index (χ4v) is 2.86. The highest BCUT2D eigenvalue weighted by Crippen LogP contribution is 2.28. The van der Waals surface area contributed by atoms with E-state index in [0.717, 1.165) is 47.9 Å². The largest absolute Gasteiger partial charge is 0.492 e. The molecule has 3 rings (SSSR count). The van der Waals surface area contributed by atoms with Crippen molar-refractivity contribution in [3.8, 4) is 5.75 Å². The Kier molecular flexibility index (Phi) is 3.47. The molecule has 2 aromatic rings. The van der Waals surface area contributed by atoms with Crippen molar-refractivity contribution in [3.63, 3.8) is 0 Å². The molecule has 0 aliphatic heterocycles. The van der Waals surface area contributed by atoms with Gasteiger partial charge >= 0.3 is 0 Å². The van der Waals surface area contributed by atoms with E-state index in [2.05, 4.69) is 4.98 Å². The maximum atomic E-state index is 12.0. The number of H-pyrrole nitrogens is 1. The summed E-state index contributed by atoms with van der Waals surface area (Å²) in [6.45, 7) is 0.499. The van der Waals surface area contributed by atoms with Gasteiger partial charge in [-0.3, -0.25) is 4.79 Å². The summed E-state index contributed by atoms with van der Waals surface area (Å²) in [5.41, 5.74) is 3.11. The first kappa shape index (κ1) is 12.5. The second-order valence-corrected chi connectivity index (χ2v) is 5.24. The van der Waals surface area contributed by atoms with Gasteiger partial charge in [-0.2, -0.15) is 0 Å². The van der Waals surface area contributed by atoms with Gasteiger partial charge in [0.1, 0.15) is 12.4 Å². The summed E-state index contributed by atoms with van der Waals surface area (Å²) in [5, 5.41) is 1.11. The lowest BCUT2D eigenvalue weighted by atomic mass is 9.90. The highest BCUT2D eigenvalue weighted by atomic mass is 35.5. The smallest absolute Gasteiger partial charge is 0.251 e. The van der Waals surface area contributed by atoms with E-state index >= 15 is 0 Å². The summed E-state index contributed by atoms with van der Waals surface area (Å²) in [4.78, 5) is 15.0. The highest BCUT2D eigenvalue weighted by Gasteiger charge is 2.16. The van der Waals surface area contributed by atoms with Crippen molar-refractivity contribution < 1.29 is 4.74 Å². The van der Waals surface area contributed by atoms with Crippen LogP contribution >= 0.6 is 11.6 Å². The van der Waals surface area contributed by atoms with Crippen LogP contribution < -0.4 is 10.3 Å². The predicted molar refractivity (Wildman–Crippen MR) is 77.4 cm³/mol. The van der Waals surface area contributed by atoms with Crippen LogP contribution in [0, 0.1) is 0 Å². The average molecular weight is 278 g/mol. The average Bonchev–Trinajstić information content (AvgIpc) is 2.46. The third-order valence-corrected chi connectivity index (χ3v) is 3.81. The van der Waals surface area contributed by atoms with E-state index in [1.54, 1.807) is 0 Å². The Morgan fingerprint density at radius 1 is 1.21 bits per heavy atom. The molecular weight excluding hydrogens is 262 g/mol. The minimum absolute atomic E-state index is 0.0663. The summed E-state index contributed by atoms with van der Waals surface area (Å²) in [6.07, 6.45) is 4.12. The molecule has 0 fully saturated rings. The standard InChI is InChI=1S/C15H16ClNO2/c16-7-8-19-10-5-6-14-13(9-10)11-3-1-2-4-12(11)15(18)17-14/h5-6,9H,1-4,7-8H2,(H,17,18). The molecule has 0 saturated carbocycles. The number of fused-ring (bicyclic) bond motifs is 3. The molecule has 4 heteroatoms. The first-order valence-electron chi connectivity index (χ1n) is 6.66. The Hall–Kier alpha value is -1.48. The molecule has 0 radical (unpaired) electrons. The van der Waals surface area contributed by atoms with Crippen molar-refractivity contribution in [2.75, 3.05) is 12.5 Å². The van der Waals surface area contributed by atoms with Crippen LogP contribution in [0.4, 0.5) is 0 Å². The molecule has 1 aromatic heterocycles. The minimum atomic E-state index is 0.0663. The van der Waals surface area contributed by atoms with Gasteiger partial charge in [0.2, 0.25) is 0 Å². The Labute approximate surface area is 116 Å². The first-order valence-corrected chi connectivity index (χ1v) is 7.19. The zero-order valence-electron chi connectivity index (χ0n) is 10.7. The number of aromatic amines is 1. The number of rotatable bonds is 3. The Morgan fingerprint density at radius 2 is 2.00 bits per heavy atom. The zero-order chi connectivity index (χ0) is 13.2. The second kappa shape index (κ2) is 5.25. The van der Waals surface area contributed by atoms with Crippen molar-refractivity contribution in [2.24, 2.45) is 0 Å². The van der Waals surface area contributed by atoms with Gasteiger partial charge in [-0.1, -0.05) is 0 Å². The Balaban J connectivity index is 2.15. The molecule has 0 amide bonds. The molecule has 1 aromatic carbocycles. The molecule has 0 saturated heterocycles. The molecule has 0 unspecified atom stereocenters. The van der Waals surface area contributed by atoms with Crippen molar-refractivity contribution in [1.82, 2.24) is 4.98 Å². The van der Waals surface area contributed by atoms with Crippen LogP contribution in [0.1, 0.15) is 24.0 Å². The van der Waals surface area contributed by atoms with Gasteiger partial charge in [-0.15, -0.1) is 11.6 Å². The van der Waals surface area contributed by atoms with E-state index < -0.39 is 0 Å². The molecule has 19 heavy (non-hydrogen) atoms. The van der Waals surface area contributed by atoms with Gasteiger partial charge in [0.25, 0.3) is 5.56 Å². The van der Waals surface area contributed by atoms with Gasteiger partial charge in [0.15, 0.2) is 0 Å². The van der Waals surface area contributed by atoms with Crippen LogP contribution in [0.5, 0.6) is 5.75 Å². The van der Waals surface area contributed by atoms with Crippen LogP contribution in [0.15, 0.2) is 23.0 Å². The van der Waals surface area contributed by atoms with Gasteiger partial charge in [0.05, 0.1) is 5.88 Å². The van der Waals surface area contributed by atoms with E-state index in [0.29, 0.717) is 12.5 Å². The van der Waals surface area contributed by atoms with Gasteiger partial charge in [0, 0.05) is 16.5 Å². The lowest BCUT2D eigenvalue weighted by Gasteiger charge is -2.17. The topological polar surface area (TPSA) is 42.1 Å². The highest BCUT2D eigenvalue weighted by molar-refractivity contribution is 6.18. The fraction of sp³-hybridized carbons (Fsp3) is 0.400. The molecule has 1 N–H and O–H groups in total. The summed E-state index contributed by atoms with van der Waals surface area (Å²) < 4.78 is 5.56. The van der Waals surface area contributed by atoms with Crippen molar-refractivity contribution in [2.45, 2.75) is 25.7 Å². The molecule has 0 spiro atoms. The summed E-state index contributed by atoms with van der Waals surface area (Å²) in [5.74, 6) is 1.29. The summed E-state index contributed by atoms with van der Waals surface area (Å²) >= 11 is 5.63. The molecule has 1 aliphatic carbocycles. The van der Waals surface area contributed by atoms with Crippen molar-refractivity contribution in [3.05, 3.63) is 39.7 Å². The molecule has 100 valence electrons. The third kappa shape index (κ3) is 2.35. The van der Waals surface area contributed by atoms with Crippen LogP contribution in [-0.4, -0.2) is 17.5 Å². The van der Waals surface area contributed by atoms with E-state index in [9.17, 15) is 4.79 Å². The maximum absolute atomic E-state index is 12.0. The monoisotopic (exact) mass is 277 g/mol. The fourth-order valence-electron chi connectivity index (χ4n) is 2.78. The number of hydrogen-bond acceptors (Lipinski definition) is 2. The van der Waals surface area contributed by atoms with Crippen LogP contribution in [0.3, 0.4) is 0 Å². The predicted octanol–water partition coefficient (Wildman–Crippen LogP) is 3.02. The number of aromatic nitrogens is 1. The lowest BCUT2D eigenvalue weighted by Crippen LogP contribution is -2.19. The number of alkyl halides is 1. The zero-order valence-corrected chi connectivity index (χ0v) is 11.4. The quantitative estimate of drug-likeness (QED) is 0.876. The molecule has 1 heterocycles. The van der Waals surface area contributed by atoms with E-state index in [-0.39, 0.29) is 5.56 Å². The van der Waals surface area contributed by atoms with Crippen LogP contribution in [0.2, 0.25) is 0 Å². The normalized spacial score (nSPS) is 14.4. The molecule has 1 aliphatic rings. The second-order valence-electron chi connectivity index (χ2n) is 4.86. The number of pyridine rings is 1. The Bertz CT molecular complexity index is 663. The minimum Gasteiger partial charge on any atom is -0.492 e. The van der Waals surface area contributed by atoms with Gasteiger partial charge in [-0.25, -0.2) is 0 Å². The molecular formula is C15H16ClNO2. The van der Waals surface area contributed by atoms with E-state index in [1.165, 1.54) is 5.56 Å². The first-order chi connectivity index (χ1) is 9.29. The number of aryl methyl sites for hydroxylation is 1. The third-order valence-electron chi connectivity index (χ3n) is 3.65. The number of hydrogen-bond donors (Lipinski definition) is 1. The van der Waals surface area contributed by atoms with Crippen LogP contribution in [-0.2, 0) is 12.8 Å². The SMILES string of the molecule is O=c1[nH]c2ccc(OCCCl)cc2c2c1CCCC2. The molecule has 3 nitrogen and oxygen atoms in total. The Morgan fingerprint density at radius 3 is 2.79 bits per heavy atom. The number of nitrogens with one attached hydrogen (secondary N) is 1. The lowest BCUT2D eigenvalue weighted by molar-refractivity contribution is 0.343. The van der Waals surface area contributed by atoms with E-state index in [4.69, 9.17) is 16.3 Å². The summed E-state index contributed by atoms with van der Waals surface area (Å²) in [6, 6.07) is 5.80. The molecule has 0 atom stereocenters.